The number of aliphatic imine (C=N–C) groups is 1. The highest BCUT2D eigenvalue weighted by Crippen LogP contribution is 2.22. The van der Waals surface area contributed by atoms with E-state index in [-0.39, 0.29) is 6.04 Å². The minimum Gasteiger partial charge on any atom is -0.478 e. The molecule has 0 unspecified atom stereocenters. The zero-order valence-electron chi connectivity index (χ0n) is 12.8. The molecule has 0 atom stereocenters. The molecule has 0 saturated carbocycles. The van der Waals surface area contributed by atoms with E-state index in [0.29, 0.717) is 37.3 Å². The Morgan fingerprint density at radius 1 is 1.48 bits per heavy atom. The number of halogens is 1. The Morgan fingerprint density at radius 2 is 2.30 bits per heavy atom. The van der Waals surface area contributed by atoms with Gasteiger partial charge in [-0.25, -0.2) is 4.98 Å². The van der Waals surface area contributed by atoms with Gasteiger partial charge in [-0.1, -0.05) is 0 Å². The predicted octanol–water partition coefficient (Wildman–Crippen LogP) is 1.47. The standard InChI is InChI=1S/C14H19BrN6O2/c1-8(19-9-6-22-7-9)11-12(16)23-4-2-3-17-13-10(15)5-18-14(20-11)21-13/h5,9H,2-4,6-7,16H2,1H3,(H2,17,18,20,21). The van der Waals surface area contributed by atoms with Crippen molar-refractivity contribution >= 4 is 33.4 Å². The molecule has 2 aliphatic rings. The van der Waals surface area contributed by atoms with Gasteiger partial charge in [-0.15, -0.1) is 0 Å². The molecule has 1 fully saturated rings. The minimum atomic E-state index is 0.165. The summed E-state index contributed by atoms with van der Waals surface area (Å²) in [7, 11) is 0. The molecule has 3 heterocycles. The quantitative estimate of drug-likeness (QED) is 0.664. The molecular formula is C14H19BrN6O2. The molecule has 3 rings (SSSR count). The Morgan fingerprint density at radius 3 is 3.04 bits per heavy atom. The SMILES string of the molecule is CC(=NC1COC1)C1=C(N)OCCCNc2nc(ncc2Br)N1. The molecular weight excluding hydrogens is 364 g/mol. The molecule has 23 heavy (non-hydrogen) atoms. The van der Waals surface area contributed by atoms with Crippen molar-refractivity contribution in [3.05, 3.63) is 22.2 Å². The molecule has 1 saturated heterocycles. The van der Waals surface area contributed by atoms with Crippen LogP contribution >= 0.6 is 15.9 Å². The number of fused-ring (bicyclic) bond motifs is 2. The van der Waals surface area contributed by atoms with Crippen molar-refractivity contribution in [2.24, 2.45) is 10.7 Å². The van der Waals surface area contributed by atoms with Crippen LogP contribution in [0.4, 0.5) is 11.8 Å². The zero-order chi connectivity index (χ0) is 16.2. The monoisotopic (exact) mass is 382 g/mol. The van der Waals surface area contributed by atoms with Crippen molar-refractivity contribution in [1.82, 2.24) is 9.97 Å². The van der Waals surface area contributed by atoms with Gasteiger partial charge in [0.1, 0.15) is 11.5 Å². The molecule has 4 N–H and O–H groups in total. The summed E-state index contributed by atoms with van der Waals surface area (Å²) in [5, 5.41) is 6.36. The molecule has 2 aliphatic heterocycles. The van der Waals surface area contributed by atoms with Gasteiger partial charge in [0.25, 0.3) is 0 Å². The lowest BCUT2D eigenvalue weighted by atomic mass is 10.2. The first-order valence-corrected chi connectivity index (χ1v) is 8.21. The first kappa shape index (κ1) is 16.0. The van der Waals surface area contributed by atoms with Gasteiger partial charge in [0.05, 0.1) is 36.0 Å². The number of rotatable bonds is 2. The number of nitrogens with zero attached hydrogens (tertiary/aromatic N) is 3. The largest absolute Gasteiger partial charge is 0.478 e. The van der Waals surface area contributed by atoms with Crippen LogP contribution < -0.4 is 16.4 Å². The van der Waals surface area contributed by atoms with E-state index >= 15 is 0 Å². The van der Waals surface area contributed by atoms with E-state index in [2.05, 4.69) is 41.5 Å². The summed E-state index contributed by atoms with van der Waals surface area (Å²) in [6.07, 6.45) is 2.49. The number of allylic oxidation sites excluding steroid dienone is 1. The highest BCUT2D eigenvalue weighted by molar-refractivity contribution is 9.10. The van der Waals surface area contributed by atoms with Gasteiger partial charge >= 0.3 is 0 Å². The molecule has 1 aromatic rings. The average Bonchev–Trinajstić information content (AvgIpc) is 2.52. The maximum Gasteiger partial charge on any atom is 0.229 e. The molecule has 0 amide bonds. The number of ether oxygens (including phenoxy) is 2. The average molecular weight is 383 g/mol. The lowest BCUT2D eigenvalue weighted by Crippen LogP contribution is -2.33. The number of anilines is 2. The molecule has 2 bridgehead atoms. The maximum atomic E-state index is 6.09. The van der Waals surface area contributed by atoms with E-state index in [0.717, 1.165) is 29.0 Å². The topological polar surface area (TPSA) is 107 Å². The molecule has 0 spiro atoms. The third kappa shape index (κ3) is 3.91. The van der Waals surface area contributed by atoms with Gasteiger partial charge in [0.15, 0.2) is 0 Å². The predicted molar refractivity (Wildman–Crippen MR) is 91.3 cm³/mol. The van der Waals surface area contributed by atoms with Crippen LogP contribution in [0.5, 0.6) is 0 Å². The Bertz CT molecular complexity index is 644. The number of nitrogens with two attached hydrogens (primary N) is 1. The summed E-state index contributed by atoms with van der Waals surface area (Å²) < 4.78 is 11.6. The first-order valence-electron chi connectivity index (χ1n) is 7.42. The molecule has 0 aliphatic carbocycles. The fraction of sp³-hybridized carbons (Fsp3) is 0.500. The zero-order valence-corrected chi connectivity index (χ0v) is 14.4. The van der Waals surface area contributed by atoms with Crippen LogP contribution in [0.2, 0.25) is 0 Å². The number of hydrogen-bond donors (Lipinski definition) is 3. The second kappa shape index (κ2) is 7.14. The minimum absolute atomic E-state index is 0.165. The highest BCUT2D eigenvalue weighted by Gasteiger charge is 2.20. The van der Waals surface area contributed by atoms with Crippen LogP contribution in [0, 0.1) is 0 Å². The molecule has 9 heteroatoms. The van der Waals surface area contributed by atoms with Crippen molar-refractivity contribution < 1.29 is 9.47 Å². The van der Waals surface area contributed by atoms with Crippen molar-refractivity contribution in [3.63, 3.8) is 0 Å². The van der Waals surface area contributed by atoms with Crippen LogP contribution in [-0.2, 0) is 9.47 Å². The van der Waals surface area contributed by atoms with E-state index in [4.69, 9.17) is 15.2 Å². The third-order valence-electron chi connectivity index (χ3n) is 3.46. The van der Waals surface area contributed by atoms with E-state index < -0.39 is 0 Å². The van der Waals surface area contributed by atoms with Gasteiger partial charge in [0, 0.05) is 12.7 Å². The van der Waals surface area contributed by atoms with Crippen LogP contribution in [0.25, 0.3) is 0 Å². The molecule has 0 aromatic carbocycles. The summed E-state index contributed by atoms with van der Waals surface area (Å²) in [5.41, 5.74) is 7.42. The van der Waals surface area contributed by atoms with Crippen molar-refractivity contribution in [2.75, 3.05) is 37.0 Å². The molecule has 124 valence electrons. The van der Waals surface area contributed by atoms with Crippen LogP contribution in [0.3, 0.4) is 0 Å². The Balaban J connectivity index is 1.92. The third-order valence-corrected chi connectivity index (χ3v) is 4.04. The van der Waals surface area contributed by atoms with Crippen LogP contribution in [-0.4, -0.2) is 48.1 Å². The molecule has 1 aromatic heterocycles. The highest BCUT2D eigenvalue weighted by atomic mass is 79.9. The number of hydrogen-bond acceptors (Lipinski definition) is 8. The summed E-state index contributed by atoms with van der Waals surface area (Å²) in [4.78, 5) is 13.3. The van der Waals surface area contributed by atoms with Crippen LogP contribution in [0.1, 0.15) is 13.3 Å². The summed E-state index contributed by atoms with van der Waals surface area (Å²) in [6, 6.07) is 0.165. The normalized spacial score (nSPS) is 19.8. The Labute approximate surface area is 142 Å². The van der Waals surface area contributed by atoms with Crippen molar-refractivity contribution in [1.29, 1.82) is 0 Å². The molecule has 0 radical (unpaired) electrons. The van der Waals surface area contributed by atoms with Gasteiger partial charge in [0.2, 0.25) is 11.8 Å². The van der Waals surface area contributed by atoms with Gasteiger partial charge < -0.3 is 25.8 Å². The van der Waals surface area contributed by atoms with E-state index in [1.54, 1.807) is 6.20 Å². The van der Waals surface area contributed by atoms with E-state index in [1.807, 2.05) is 6.92 Å². The maximum absolute atomic E-state index is 6.09. The van der Waals surface area contributed by atoms with Crippen molar-refractivity contribution in [2.45, 2.75) is 19.4 Å². The first-order chi connectivity index (χ1) is 11.1. The Kier molecular flexibility index (Phi) is 4.97. The number of nitrogens with one attached hydrogen (secondary N) is 2. The summed E-state index contributed by atoms with van der Waals surface area (Å²) in [6.45, 7) is 4.38. The van der Waals surface area contributed by atoms with Crippen LogP contribution in [0.15, 0.2) is 27.2 Å². The summed E-state index contributed by atoms with van der Waals surface area (Å²) in [5.74, 6) is 1.45. The van der Waals surface area contributed by atoms with Gasteiger partial charge in [-0.05, 0) is 29.3 Å². The second-order valence-electron chi connectivity index (χ2n) is 5.29. The van der Waals surface area contributed by atoms with E-state index in [1.165, 1.54) is 0 Å². The second-order valence-corrected chi connectivity index (χ2v) is 6.14. The molecule has 8 nitrogen and oxygen atoms in total. The van der Waals surface area contributed by atoms with E-state index in [9.17, 15) is 0 Å². The van der Waals surface area contributed by atoms with Gasteiger partial charge in [-0.3, -0.25) is 4.99 Å². The van der Waals surface area contributed by atoms with Gasteiger partial charge in [-0.2, -0.15) is 4.98 Å². The van der Waals surface area contributed by atoms with Crippen molar-refractivity contribution in [3.8, 4) is 0 Å². The smallest absolute Gasteiger partial charge is 0.229 e. The summed E-state index contributed by atoms with van der Waals surface area (Å²) >= 11 is 3.43. The fourth-order valence-electron chi connectivity index (χ4n) is 2.16. The lowest BCUT2D eigenvalue weighted by molar-refractivity contribution is 0.0133. The number of aromatic nitrogens is 2. The fourth-order valence-corrected chi connectivity index (χ4v) is 2.49. The Hall–Kier alpha value is -1.87. The lowest BCUT2D eigenvalue weighted by Gasteiger charge is -2.23.